The maximum atomic E-state index is 0. The maximum absolute atomic E-state index is 0. The first-order chi connectivity index (χ1) is 0. The molecule has 0 aromatic heterocycles. The van der Waals surface area contributed by atoms with E-state index in [0.717, 1.165) is 0 Å². The Hall–Kier alpha value is 2.35. The van der Waals surface area contributed by atoms with Crippen molar-refractivity contribution < 1.29 is 90.2 Å². The van der Waals surface area contributed by atoms with Crippen molar-refractivity contribution in [2.75, 3.05) is 0 Å². The van der Waals surface area contributed by atoms with Gasteiger partial charge in [-0.3, -0.25) is 0 Å². The predicted molar refractivity (Wildman–Crippen MR) is 10.8 cm³/mol. The van der Waals surface area contributed by atoms with Crippen LogP contribution in [0.4, 0.5) is 0 Å². The van der Waals surface area contributed by atoms with Crippen LogP contribution >= 0.6 is 0 Å². The van der Waals surface area contributed by atoms with Gasteiger partial charge in [0.25, 0.3) is 0 Å². The van der Waals surface area contributed by atoms with E-state index in [1.54, 1.807) is 0 Å². The van der Waals surface area contributed by atoms with E-state index >= 15 is 0 Å². The predicted octanol–water partition coefficient (Wildman–Crippen LogP) is -2.47. The minimum absolute atomic E-state index is 0. The van der Waals surface area contributed by atoms with E-state index < -0.39 is 0 Å². The molecule has 0 aromatic rings. The van der Waals surface area contributed by atoms with Crippen LogP contribution in [-0.2, 0) is 0 Å². The third kappa shape index (κ3) is 21.8. The van der Waals surface area contributed by atoms with Gasteiger partial charge in [0.1, 0.15) is 0 Å². The van der Waals surface area contributed by atoms with Gasteiger partial charge in [-0.15, -0.1) is 0 Å². The summed E-state index contributed by atoms with van der Waals surface area (Å²) in [5, 5.41) is 0. The van der Waals surface area contributed by atoms with Gasteiger partial charge in [0.05, 0.1) is 0 Å². The van der Waals surface area contributed by atoms with Gasteiger partial charge in [0.2, 0.25) is 0 Å². The van der Waals surface area contributed by atoms with E-state index in [1.807, 2.05) is 0 Å². The molecule has 3 nitrogen and oxygen atoms in total. The second-order valence-corrected chi connectivity index (χ2v) is 0. The smallest absolute Gasteiger partial charge is 0 e. The van der Waals surface area contributed by atoms with Gasteiger partial charge in [-0.1, -0.05) is 0 Å². The van der Waals surface area contributed by atoms with Crippen LogP contribution in [0.15, 0.2) is 0 Å². The van der Waals surface area contributed by atoms with Gasteiger partial charge < -0.3 is 16.4 Å². The molecule has 54 valence electrons. The third-order valence-corrected chi connectivity index (χ3v) is 0. The SMILES string of the molecule is O.O.O.[Lu].[Lu]. The molecule has 0 atom stereocenters. The van der Waals surface area contributed by atoms with Crippen molar-refractivity contribution in [3.8, 4) is 0 Å². The largest absolute Gasteiger partial charge is 0.412 e. The van der Waals surface area contributed by atoms with Gasteiger partial charge in [0.15, 0.2) is 0 Å². The molecule has 5 heteroatoms. The Bertz CT molecular complexity index is 4.85. The van der Waals surface area contributed by atoms with Gasteiger partial charge >= 0.3 is 0 Å². The molecular weight excluding hydrogens is 398 g/mol. The summed E-state index contributed by atoms with van der Waals surface area (Å²) in [5.41, 5.74) is 0. The van der Waals surface area contributed by atoms with Crippen molar-refractivity contribution >= 4 is 0 Å². The molecule has 0 rings (SSSR count). The number of rotatable bonds is 0. The summed E-state index contributed by atoms with van der Waals surface area (Å²) in [6.07, 6.45) is 0. The second kappa shape index (κ2) is 32.9. The first-order valence-corrected chi connectivity index (χ1v) is 0. The molecule has 6 N–H and O–H groups in total. The van der Waals surface area contributed by atoms with Crippen molar-refractivity contribution in [2.45, 2.75) is 0 Å². The van der Waals surface area contributed by atoms with Crippen LogP contribution in [-0.4, -0.2) is 16.4 Å². The monoisotopic (exact) mass is 404 g/mol. The standard InChI is InChI=1S/2Lu.3H2O/h;;3*1H2. The zero-order valence-corrected chi connectivity index (χ0v) is 5.33. The topological polar surface area (TPSA) is 94.5 Å². The molecule has 0 aliphatic rings. The quantitative estimate of drug-likeness (QED) is 0.428. The summed E-state index contributed by atoms with van der Waals surface area (Å²) < 4.78 is 0. The van der Waals surface area contributed by atoms with Crippen LogP contribution in [0, 0.1) is 73.7 Å². The average Bonchev–Trinajstić information content (AvgIpc) is 0. The van der Waals surface area contributed by atoms with Gasteiger partial charge in [-0.2, -0.15) is 0 Å². The fourth-order valence-corrected chi connectivity index (χ4v) is 0. The van der Waals surface area contributed by atoms with Crippen LogP contribution in [0.2, 0.25) is 0 Å². The fraction of sp³-hybridized carbons (Fsp3) is 0. The normalized spacial score (nSPS) is 0. The summed E-state index contributed by atoms with van der Waals surface area (Å²) >= 11 is 0. The van der Waals surface area contributed by atoms with Crippen molar-refractivity contribution in [2.24, 2.45) is 0 Å². The molecule has 2 radical (unpaired) electrons. The second-order valence-electron chi connectivity index (χ2n) is 0. The van der Waals surface area contributed by atoms with E-state index in [2.05, 4.69) is 0 Å². The summed E-state index contributed by atoms with van der Waals surface area (Å²) in [4.78, 5) is 0. The Morgan fingerprint density at radius 2 is 0.400 bits per heavy atom. The molecule has 5 heavy (non-hydrogen) atoms. The molecule has 0 spiro atoms. The molecule has 0 unspecified atom stereocenters. The Balaban J connectivity index is 0. The average molecular weight is 404 g/mol. The van der Waals surface area contributed by atoms with Crippen LogP contribution < -0.4 is 0 Å². The molecule has 0 saturated carbocycles. The van der Waals surface area contributed by atoms with Gasteiger partial charge in [0, 0.05) is 73.7 Å². The molecule has 0 heterocycles. The number of hydrogen-bond donors (Lipinski definition) is 0. The van der Waals surface area contributed by atoms with E-state index in [0.29, 0.717) is 0 Å². The molecular formula is H6Lu2O3. The minimum atomic E-state index is 0. The molecule has 0 bridgehead atoms. The Morgan fingerprint density at radius 3 is 0.400 bits per heavy atom. The van der Waals surface area contributed by atoms with Crippen molar-refractivity contribution in [1.82, 2.24) is 0 Å². The first kappa shape index (κ1) is 53.7. The molecule has 0 aromatic carbocycles. The number of hydrogen-bond acceptors (Lipinski definition) is 0. The van der Waals surface area contributed by atoms with E-state index in [-0.39, 0.29) is 90.2 Å². The minimum Gasteiger partial charge on any atom is -0.412 e. The Kier molecular flexibility index (Phi) is 354. The van der Waals surface area contributed by atoms with Gasteiger partial charge in [-0.25, -0.2) is 0 Å². The van der Waals surface area contributed by atoms with Crippen molar-refractivity contribution in [3.63, 3.8) is 0 Å². The molecule has 0 fully saturated rings. The summed E-state index contributed by atoms with van der Waals surface area (Å²) in [6.45, 7) is 0. The van der Waals surface area contributed by atoms with Crippen LogP contribution in [0.1, 0.15) is 0 Å². The van der Waals surface area contributed by atoms with E-state index in [9.17, 15) is 0 Å². The summed E-state index contributed by atoms with van der Waals surface area (Å²) in [6, 6.07) is 0. The molecule has 0 aliphatic heterocycles. The summed E-state index contributed by atoms with van der Waals surface area (Å²) in [5.74, 6) is 0. The maximum Gasteiger partial charge on any atom is 0 e. The molecule has 0 amide bonds. The van der Waals surface area contributed by atoms with Crippen molar-refractivity contribution in [1.29, 1.82) is 0 Å². The molecule has 0 aliphatic carbocycles. The fourth-order valence-electron chi connectivity index (χ4n) is 0. The molecule has 0 saturated heterocycles. The first-order valence-electron chi connectivity index (χ1n) is 0. The van der Waals surface area contributed by atoms with E-state index in [1.165, 1.54) is 0 Å². The van der Waals surface area contributed by atoms with Gasteiger partial charge in [-0.05, 0) is 0 Å². The summed E-state index contributed by atoms with van der Waals surface area (Å²) in [7, 11) is 0. The third-order valence-electron chi connectivity index (χ3n) is 0. The van der Waals surface area contributed by atoms with E-state index in [4.69, 9.17) is 0 Å². The Labute approximate surface area is 88.4 Å². The van der Waals surface area contributed by atoms with Crippen LogP contribution in [0.3, 0.4) is 0 Å². The zero-order chi connectivity index (χ0) is 0. The van der Waals surface area contributed by atoms with Crippen LogP contribution in [0.25, 0.3) is 0 Å². The Morgan fingerprint density at radius 1 is 0.400 bits per heavy atom. The zero-order valence-electron chi connectivity index (χ0n) is 2.02. The van der Waals surface area contributed by atoms with Crippen LogP contribution in [0.5, 0.6) is 0 Å². The van der Waals surface area contributed by atoms with Crippen molar-refractivity contribution in [3.05, 3.63) is 0 Å².